The molecule has 1 atom stereocenters. The molecule has 1 aliphatic rings. The normalized spacial score (nSPS) is 15.8. The van der Waals surface area contributed by atoms with Gasteiger partial charge in [-0.2, -0.15) is 0 Å². The molecule has 2 aromatic rings. The van der Waals surface area contributed by atoms with Gasteiger partial charge in [-0.05, 0) is 66.6 Å². The van der Waals surface area contributed by atoms with E-state index in [1.165, 1.54) is 11.1 Å². The van der Waals surface area contributed by atoms with Crippen molar-refractivity contribution in [2.24, 2.45) is 0 Å². The van der Waals surface area contributed by atoms with Gasteiger partial charge in [-0.3, -0.25) is 4.79 Å². The Balaban J connectivity index is 1.60. The first kappa shape index (κ1) is 18.1. The van der Waals surface area contributed by atoms with Crippen LogP contribution in [0.2, 0.25) is 0 Å². The van der Waals surface area contributed by atoms with Gasteiger partial charge in [-0.1, -0.05) is 12.1 Å². The molecule has 5 nitrogen and oxygen atoms in total. The van der Waals surface area contributed by atoms with Crippen LogP contribution in [0.1, 0.15) is 42.0 Å². The van der Waals surface area contributed by atoms with E-state index in [9.17, 15) is 4.79 Å². The van der Waals surface area contributed by atoms with Gasteiger partial charge in [-0.15, -0.1) is 0 Å². The Hall–Kier alpha value is -2.69. The van der Waals surface area contributed by atoms with Crippen LogP contribution in [0.25, 0.3) is 0 Å². The molecular weight excluding hydrogens is 328 g/mol. The number of carbonyl (C=O) groups is 1. The largest absolute Gasteiger partial charge is 0.493 e. The molecule has 2 aromatic carbocycles. The zero-order valence-electron chi connectivity index (χ0n) is 15.4. The molecule has 0 spiro atoms. The monoisotopic (exact) mass is 354 g/mol. The van der Waals surface area contributed by atoms with Gasteiger partial charge in [0.1, 0.15) is 0 Å². The van der Waals surface area contributed by atoms with Gasteiger partial charge < -0.3 is 20.5 Å². The highest BCUT2D eigenvalue weighted by Gasteiger charge is 2.21. The number of benzene rings is 2. The number of aryl methyl sites for hydroxylation is 2. The van der Waals surface area contributed by atoms with Crippen molar-refractivity contribution in [1.29, 1.82) is 0 Å². The first-order valence-electron chi connectivity index (χ1n) is 8.99. The molecule has 1 amide bonds. The summed E-state index contributed by atoms with van der Waals surface area (Å²) in [5.41, 5.74) is 10.2. The van der Waals surface area contributed by atoms with Gasteiger partial charge in [0.05, 0.1) is 20.3 Å². The van der Waals surface area contributed by atoms with E-state index < -0.39 is 0 Å². The lowest BCUT2D eigenvalue weighted by Crippen LogP contribution is -2.31. The van der Waals surface area contributed by atoms with E-state index in [1.54, 1.807) is 14.2 Å². The number of carbonyl (C=O) groups excluding carboxylic acids is 1. The molecule has 0 saturated carbocycles. The molecule has 3 N–H and O–H groups in total. The second-order valence-corrected chi connectivity index (χ2v) is 6.66. The van der Waals surface area contributed by atoms with Gasteiger partial charge in [0.2, 0.25) is 5.91 Å². The Labute approximate surface area is 154 Å². The summed E-state index contributed by atoms with van der Waals surface area (Å²) in [7, 11) is 3.22. The third kappa shape index (κ3) is 4.10. The number of fused-ring (bicyclic) bond motifs is 1. The summed E-state index contributed by atoms with van der Waals surface area (Å²) >= 11 is 0. The fourth-order valence-electron chi connectivity index (χ4n) is 3.54. The minimum atomic E-state index is 0.0643. The molecule has 0 aromatic heterocycles. The van der Waals surface area contributed by atoms with Gasteiger partial charge in [0, 0.05) is 12.1 Å². The number of ether oxygens (including phenoxy) is 2. The number of nitrogens with one attached hydrogen (secondary N) is 1. The lowest BCUT2D eigenvalue weighted by atomic mass is 9.87. The lowest BCUT2D eigenvalue weighted by molar-refractivity contribution is -0.121. The van der Waals surface area contributed by atoms with E-state index in [-0.39, 0.29) is 11.9 Å². The fourth-order valence-corrected chi connectivity index (χ4v) is 3.54. The van der Waals surface area contributed by atoms with E-state index in [1.807, 2.05) is 36.4 Å². The van der Waals surface area contributed by atoms with Gasteiger partial charge in [-0.25, -0.2) is 0 Å². The summed E-state index contributed by atoms with van der Waals surface area (Å²) < 4.78 is 10.6. The third-order valence-electron chi connectivity index (χ3n) is 4.91. The molecule has 1 aliphatic carbocycles. The van der Waals surface area contributed by atoms with E-state index in [0.29, 0.717) is 24.3 Å². The van der Waals surface area contributed by atoms with Gasteiger partial charge in [0.15, 0.2) is 11.5 Å². The summed E-state index contributed by atoms with van der Waals surface area (Å²) in [6.45, 7) is 0. The molecule has 0 heterocycles. The Morgan fingerprint density at radius 2 is 1.96 bits per heavy atom. The molecule has 0 fully saturated rings. The van der Waals surface area contributed by atoms with Gasteiger partial charge in [0.25, 0.3) is 0 Å². The molecular formula is C21H26N2O3. The predicted octanol–water partition coefficient (Wildman–Crippen LogP) is 3.41. The number of hydrogen-bond donors (Lipinski definition) is 2. The maximum atomic E-state index is 12.4. The SMILES string of the molecule is COc1ccc(CCC(=O)NC2CCCc3cc(N)ccc32)cc1OC. The summed E-state index contributed by atoms with van der Waals surface area (Å²) in [5.74, 6) is 1.44. The van der Waals surface area contributed by atoms with Crippen LogP contribution >= 0.6 is 0 Å². The summed E-state index contributed by atoms with van der Waals surface area (Å²) in [5, 5.41) is 3.18. The Bertz CT molecular complexity index is 789. The highest BCUT2D eigenvalue weighted by molar-refractivity contribution is 5.77. The standard InChI is InChI=1S/C21H26N2O3/c1-25-19-10-6-14(12-20(19)26-2)7-11-21(24)23-18-5-3-4-15-13-16(22)8-9-17(15)18/h6,8-10,12-13,18H,3-5,7,11,22H2,1-2H3,(H,23,24). The van der Waals surface area contributed by atoms with Crippen LogP contribution in [-0.2, 0) is 17.6 Å². The number of hydrogen-bond acceptors (Lipinski definition) is 4. The number of methoxy groups -OCH3 is 2. The smallest absolute Gasteiger partial charge is 0.220 e. The van der Waals surface area contributed by atoms with Crippen LogP contribution in [-0.4, -0.2) is 20.1 Å². The van der Waals surface area contributed by atoms with Crippen molar-refractivity contribution in [3.8, 4) is 11.5 Å². The van der Waals surface area contributed by atoms with Crippen molar-refractivity contribution in [2.75, 3.05) is 20.0 Å². The number of anilines is 1. The van der Waals surface area contributed by atoms with Crippen LogP contribution in [0, 0.1) is 0 Å². The van der Waals surface area contributed by atoms with E-state index in [2.05, 4.69) is 5.32 Å². The molecule has 5 heteroatoms. The van der Waals surface area contributed by atoms with Crippen molar-refractivity contribution < 1.29 is 14.3 Å². The second kappa shape index (κ2) is 8.13. The minimum absolute atomic E-state index is 0.0643. The highest BCUT2D eigenvalue weighted by Crippen LogP contribution is 2.31. The number of rotatable bonds is 6. The maximum Gasteiger partial charge on any atom is 0.220 e. The van der Waals surface area contributed by atoms with E-state index >= 15 is 0 Å². The third-order valence-corrected chi connectivity index (χ3v) is 4.91. The average molecular weight is 354 g/mol. The van der Waals surface area contributed by atoms with Gasteiger partial charge >= 0.3 is 0 Å². The first-order valence-corrected chi connectivity index (χ1v) is 8.99. The molecule has 138 valence electrons. The van der Waals surface area contributed by atoms with Crippen LogP contribution in [0.3, 0.4) is 0 Å². The summed E-state index contributed by atoms with van der Waals surface area (Å²) in [4.78, 5) is 12.4. The molecule has 0 aliphatic heterocycles. The summed E-state index contributed by atoms with van der Waals surface area (Å²) in [6.07, 6.45) is 4.16. The number of nitrogen functional groups attached to an aromatic ring is 1. The molecule has 26 heavy (non-hydrogen) atoms. The molecule has 1 unspecified atom stereocenters. The number of amides is 1. The van der Waals surface area contributed by atoms with E-state index in [4.69, 9.17) is 15.2 Å². The van der Waals surface area contributed by atoms with Crippen molar-refractivity contribution in [1.82, 2.24) is 5.32 Å². The van der Waals surface area contributed by atoms with Crippen LogP contribution < -0.4 is 20.5 Å². The highest BCUT2D eigenvalue weighted by atomic mass is 16.5. The van der Waals surface area contributed by atoms with Crippen LogP contribution in [0.15, 0.2) is 36.4 Å². The predicted molar refractivity (Wildman–Crippen MR) is 103 cm³/mol. The Morgan fingerprint density at radius 1 is 1.15 bits per heavy atom. The minimum Gasteiger partial charge on any atom is -0.493 e. The zero-order valence-corrected chi connectivity index (χ0v) is 15.4. The topological polar surface area (TPSA) is 73.6 Å². The van der Waals surface area contributed by atoms with Crippen LogP contribution in [0.5, 0.6) is 11.5 Å². The molecule has 3 rings (SSSR count). The summed E-state index contributed by atoms with van der Waals surface area (Å²) in [6, 6.07) is 11.8. The zero-order chi connectivity index (χ0) is 18.5. The van der Waals surface area contributed by atoms with Crippen molar-refractivity contribution >= 4 is 11.6 Å². The maximum absolute atomic E-state index is 12.4. The molecule has 0 radical (unpaired) electrons. The molecule has 0 saturated heterocycles. The Morgan fingerprint density at radius 3 is 2.73 bits per heavy atom. The van der Waals surface area contributed by atoms with Crippen molar-refractivity contribution in [2.45, 2.75) is 38.1 Å². The van der Waals surface area contributed by atoms with Crippen molar-refractivity contribution in [3.05, 3.63) is 53.1 Å². The number of nitrogens with two attached hydrogens (primary N) is 1. The second-order valence-electron chi connectivity index (χ2n) is 6.66. The van der Waals surface area contributed by atoms with Crippen molar-refractivity contribution in [3.63, 3.8) is 0 Å². The lowest BCUT2D eigenvalue weighted by Gasteiger charge is -2.26. The first-order chi connectivity index (χ1) is 12.6. The van der Waals surface area contributed by atoms with Crippen LogP contribution in [0.4, 0.5) is 5.69 Å². The average Bonchev–Trinajstić information content (AvgIpc) is 2.66. The molecule has 0 bridgehead atoms. The van der Waals surface area contributed by atoms with E-state index in [0.717, 1.165) is 30.5 Å². The quantitative estimate of drug-likeness (QED) is 0.780. The fraction of sp³-hybridized carbons (Fsp3) is 0.381. The Kier molecular flexibility index (Phi) is 5.66.